The SMILES string of the molecule is CCn1nc(C)c(S(=O)(=O)Nc2cccc(C)c2C)c1C. The molecule has 2 aromatic rings. The second-order valence-corrected chi connectivity index (χ2v) is 6.79. The van der Waals surface area contributed by atoms with Gasteiger partial charge < -0.3 is 0 Å². The molecule has 0 saturated heterocycles. The molecule has 0 radical (unpaired) electrons. The number of benzene rings is 1. The number of hydrogen-bond donors (Lipinski definition) is 1. The predicted molar refractivity (Wildman–Crippen MR) is 84.1 cm³/mol. The van der Waals surface area contributed by atoms with Crippen molar-refractivity contribution in [3.63, 3.8) is 0 Å². The molecule has 1 heterocycles. The second kappa shape index (κ2) is 5.52. The summed E-state index contributed by atoms with van der Waals surface area (Å²) in [5, 5.41) is 4.27. The number of hydrogen-bond acceptors (Lipinski definition) is 3. The van der Waals surface area contributed by atoms with E-state index < -0.39 is 10.0 Å². The summed E-state index contributed by atoms with van der Waals surface area (Å²) in [6.07, 6.45) is 0. The molecule has 21 heavy (non-hydrogen) atoms. The molecule has 0 aliphatic carbocycles. The van der Waals surface area contributed by atoms with Crippen molar-refractivity contribution in [2.45, 2.75) is 46.1 Å². The van der Waals surface area contributed by atoms with E-state index in [1.807, 2.05) is 32.9 Å². The summed E-state index contributed by atoms with van der Waals surface area (Å²) in [6.45, 7) is 9.94. The van der Waals surface area contributed by atoms with Crippen LogP contribution in [-0.4, -0.2) is 18.2 Å². The predicted octanol–water partition coefficient (Wildman–Crippen LogP) is 2.94. The van der Waals surface area contributed by atoms with Gasteiger partial charge in [0.1, 0.15) is 4.90 Å². The fraction of sp³-hybridized carbons (Fsp3) is 0.400. The number of aryl methyl sites for hydroxylation is 3. The number of nitrogens with zero attached hydrogens (tertiary/aromatic N) is 2. The highest BCUT2D eigenvalue weighted by Gasteiger charge is 2.24. The minimum Gasteiger partial charge on any atom is -0.279 e. The molecule has 1 N–H and O–H groups in total. The molecule has 1 aromatic carbocycles. The molecule has 6 heteroatoms. The minimum absolute atomic E-state index is 0.269. The van der Waals surface area contributed by atoms with Crippen molar-refractivity contribution in [3.05, 3.63) is 40.7 Å². The van der Waals surface area contributed by atoms with Gasteiger partial charge in [-0.2, -0.15) is 5.10 Å². The second-order valence-electron chi connectivity index (χ2n) is 5.17. The van der Waals surface area contributed by atoms with Crippen molar-refractivity contribution in [1.82, 2.24) is 9.78 Å². The van der Waals surface area contributed by atoms with E-state index in [2.05, 4.69) is 9.82 Å². The lowest BCUT2D eigenvalue weighted by atomic mass is 10.1. The molecule has 2 rings (SSSR count). The third kappa shape index (κ3) is 2.81. The third-order valence-corrected chi connectivity index (χ3v) is 5.35. The van der Waals surface area contributed by atoms with Crippen LogP contribution < -0.4 is 4.72 Å². The normalized spacial score (nSPS) is 11.7. The van der Waals surface area contributed by atoms with E-state index in [4.69, 9.17) is 0 Å². The number of aromatic nitrogens is 2. The van der Waals surface area contributed by atoms with E-state index in [9.17, 15) is 8.42 Å². The Balaban J connectivity index is 2.49. The van der Waals surface area contributed by atoms with Crippen LogP contribution in [0.15, 0.2) is 23.1 Å². The van der Waals surface area contributed by atoms with Gasteiger partial charge in [-0.25, -0.2) is 8.42 Å². The van der Waals surface area contributed by atoms with Crippen molar-refractivity contribution >= 4 is 15.7 Å². The molecule has 0 atom stereocenters. The lowest BCUT2D eigenvalue weighted by Crippen LogP contribution is -2.16. The number of nitrogens with one attached hydrogen (secondary N) is 1. The maximum absolute atomic E-state index is 12.7. The van der Waals surface area contributed by atoms with E-state index >= 15 is 0 Å². The minimum atomic E-state index is -3.64. The molecule has 0 amide bonds. The maximum atomic E-state index is 12.7. The Kier molecular flexibility index (Phi) is 4.09. The molecule has 114 valence electrons. The first-order valence-electron chi connectivity index (χ1n) is 6.91. The van der Waals surface area contributed by atoms with E-state index in [0.717, 1.165) is 11.1 Å². The van der Waals surface area contributed by atoms with Crippen LogP contribution in [0.25, 0.3) is 0 Å². The summed E-state index contributed by atoms with van der Waals surface area (Å²) < 4.78 is 29.7. The highest BCUT2D eigenvalue weighted by atomic mass is 32.2. The van der Waals surface area contributed by atoms with Crippen molar-refractivity contribution in [2.24, 2.45) is 0 Å². The Bertz CT molecular complexity index is 776. The molecule has 0 fully saturated rings. The van der Waals surface area contributed by atoms with Gasteiger partial charge >= 0.3 is 0 Å². The highest BCUT2D eigenvalue weighted by Crippen LogP contribution is 2.25. The van der Waals surface area contributed by atoms with Crippen LogP contribution in [0.2, 0.25) is 0 Å². The topological polar surface area (TPSA) is 64.0 Å². The smallest absolute Gasteiger partial charge is 0.265 e. The Hall–Kier alpha value is -1.82. The third-order valence-electron chi connectivity index (χ3n) is 3.73. The number of anilines is 1. The molecule has 0 aliphatic rings. The molecule has 0 bridgehead atoms. The van der Waals surface area contributed by atoms with Gasteiger partial charge in [-0.15, -0.1) is 0 Å². The van der Waals surface area contributed by atoms with Crippen molar-refractivity contribution in [2.75, 3.05) is 4.72 Å². The van der Waals surface area contributed by atoms with Gasteiger partial charge in [-0.05, 0) is 51.8 Å². The van der Waals surface area contributed by atoms with E-state index in [-0.39, 0.29) is 4.90 Å². The largest absolute Gasteiger partial charge is 0.279 e. The highest BCUT2D eigenvalue weighted by molar-refractivity contribution is 7.92. The van der Waals surface area contributed by atoms with Crippen LogP contribution >= 0.6 is 0 Å². The first-order chi connectivity index (χ1) is 9.77. The molecule has 0 aliphatic heterocycles. The van der Waals surface area contributed by atoms with Crippen LogP contribution in [0, 0.1) is 27.7 Å². The summed E-state index contributed by atoms with van der Waals surface area (Å²) in [4.78, 5) is 0.269. The zero-order valence-electron chi connectivity index (χ0n) is 13.1. The monoisotopic (exact) mass is 307 g/mol. The first kappa shape index (κ1) is 15.6. The fourth-order valence-corrected chi connectivity index (χ4v) is 3.97. The fourth-order valence-electron chi connectivity index (χ4n) is 2.43. The van der Waals surface area contributed by atoms with Gasteiger partial charge in [0.25, 0.3) is 10.0 Å². The van der Waals surface area contributed by atoms with E-state index in [1.165, 1.54) is 0 Å². The Morgan fingerprint density at radius 3 is 2.43 bits per heavy atom. The Labute approximate surface area is 126 Å². The number of sulfonamides is 1. The standard InChI is InChI=1S/C15H21N3O2S/c1-6-18-13(5)15(12(4)16-18)21(19,20)17-14-9-7-8-10(2)11(14)3/h7-9,17H,6H2,1-5H3. The quantitative estimate of drug-likeness (QED) is 0.944. The van der Waals surface area contributed by atoms with Crippen molar-refractivity contribution in [1.29, 1.82) is 0 Å². The average Bonchev–Trinajstić information content (AvgIpc) is 2.70. The molecule has 0 spiro atoms. The van der Waals surface area contributed by atoms with Crippen LogP contribution in [-0.2, 0) is 16.6 Å². The summed E-state index contributed by atoms with van der Waals surface area (Å²) in [6, 6.07) is 5.57. The van der Waals surface area contributed by atoms with Crippen LogP contribution in [0.1, 0.15) is 29.4 Å². The van der Waals surface area contributed by atoms with Gasteiger partial charge in [0.2, 0.25) is 0 Å². The lowest BCUT2D eigenvalue weighted by Gasteiger charge is -2.12. The molecule has 0 unspecified atom stereocenters. The van der Waals surface area contributed by atoms with Crippen LogP contribution in [0.3, 0.4) is 0 Å². The molecular formula is C15H21N3O2S. The summed E-state index contributed by atoms with van der Waals surface area (Å²) in [5.74, 6) is 0. The summed E-state index contributed by atoms with van der Waals surface area (Å²) in [7, 11) is -3.64. The van der Waals surface area contributed by atoms with Crippen molar-refractivity contribution in [3.8, 4) is 0 Å². The van der Waals surface area contributed by atoms with Crippen LogP contribution in [0.4, 0.5) is 5.69 Å². The van der Waals surface area contributed by atoms with Crippen LogP contribution in [0.5, 0.6) is 0 Å². The van der Waals surface area contributed by atoms with E-state index in [0.29, 0.717) is 23.6 Å². The molecule has 1 aromatic heterocycles. The van der Waals surface area contributed by atoms with Gasteiger partial charge in [0.05, 0.1) is 17.1 Å². The van der Waals surface area contributed by atoms with Gasteiger partial charge in [-0.3, -0.25) is 9.40 Å². The van der Waals surface area contributed by atoms with Gasteiger partial charge in [-0.1, -0.05) is 12.1 Å². The van der Waals surface area contributed by atoms with Gasteiger partial charge in [0.15, 0.2) is 0 Å². The molecule has 5 nitrogen and oxygen atoms in total. The lowest BCUT2D eigenvalue weighted by molar-refractivity contribution is 0.598. The zero-order chi connectivity index (χ0) is 15.8. The van der Waals surface area contributed by atoms with Crippen molar-refractivity contribution < 1.29 is 8.42 Å². The molecule has 0 saturated carbocycles. The molecular weight excluding hydrogens is 286 g/mol. The summed E-state index contributed by atoms with van der Waals surface area (Å²) in [5.41, 5.74) is 3.77. The van der Waals surface area contributed by atoms with Gasteiger partial charge in [0, 0.05) is 6.54 Å². The first-order valence-corrected chi connectivity index (χ1v) is 8.39. The Morgan fingerprint density at radius 1 is 1.19 bits per heavy atom. The number of rotatable bonds is 4. The van der Waals surface area contributed by atoms with E-state index in [1.54, 1.807) is 24.6 Å². The maximum Gasteiger partial charge on any atom is 0.265 e. The average molecular weight is 307 g/mol. The zero-order valence-corrected chi connectivity index (χ0v) is 13.9. The Morgan fingerprint density at radius 2 is 1.86 bits per heavy atom. The summed E-state index contributed by atoms with van der Waals surface area (Å²) >= 11 is 0.